The molecule has 0 bridgehead atoms. The first-order chi connectivity index (χ1) is 16.0. The Hall–Kier alpha value is -4.03. The molecule has 1 atom stereocenters. The van der Waals surface area contributed by atoms with Crippen LogP contribution in [0.15, 0.2) is 36.1 Å². The van der Waals surface area contributed by atoms with E-state index in [1.165, 1.54) is 22.1 Å². The first-order valence-corrected chi connectivity index (χ1v) is 10.4. The average Bonchev–Trinajstić information content (AvgIpc) is 3.48. The number of urea groups is 1. The maximum Gasteiger partial charge on any atom is 0.341 e. The van der Waals surface area contributed by atoms with Gasteiger partial charge in [0.15, 0.2) is 11.6 Å². The molecule has 13 heteroatoms. The molecule has 33 heavy (non-hydrogen) atoms. The predicted molar refractivity (Wildman–Crippen MR) is 113 cm³/mol. The summed E-state index contributed by atoms with van der Waals surface area (Å²) in [7, 11) is 0. The normalized spacial score (nSPS) is 18.3. The summed E-state index contributed by atoms with van der Waals surface area (Å²) in [4.78, 5) is 32.9. The van der Waals surface area contributed by atoms with Crippen molar-refractivity contribution in [3.05, 3.63) is 54.0 Å². The van der Waals surface area contributed by atoms with Gasteiger partial charge in [0.1, 0.15) is 18.0 Å². The molecule has 0 N–H and O–H groups in total. The molecule has 1 saturated heterocycles. The number of amides is 2. The minimum Gasteiger partial charge on any atom is -0.337 e. The molecule has 11 nitrogen and oxygen atoms in total. The molecule has 0 radical (unpaired) electrons. The highest BCUT2D eigenvalue weighted by atomic mass is 19.1. The number of carbonyl (C=O) groups excluding carboxylic acids is 1. The lowest BCUT2D eigenvalue weighted by atomic mass is 10.1. The average molecular weight is 454 g/mol. The molecular formula is C20H20F2N10O. The molecule has 0 saturated carbocycles. The first kappa shape index (κ1) is 20.8. The van der Waals surface area contributed by atoms with E-state index in [-0.39, 0.29) is 11.8 Å². The number of aryl methyl sites for hydroxylation is 1. The van der Waals surface area contributed by atoms with E-state index >= 15 is 0 Å². The molecule has 2 amide bonds. The van der Waals surface area contributed by atoms with Crippen LogP contribution in [-0.2, 0) is 0 Å². The van der Waals surface area contributed by atoms with Crippen LogP contribution in [0.3, 0.4) is 0 Å². The van der Waals surface area contributed by atoms with Gasteiger partial charge in [0.05, 0.1) is 18.4 Å². The standard InChI is InChI=1S/C20H20F2N10O/c1-13-25-12-31(28-13)18-16(22)11-24-19(27-18)29-4-6-30(7-5-29)20(33)32-17(2-3-26-32)14-8-15(21)10-23-9-14/h3,8-12,17H,2,4-7H2,1H3/t17-/m0/s1. The number of halogens is 2. The molecule has 5 heterocycles. The molecule has 3 aromatic heterocycles. The highest BCUT2D eigenvalue weighted by molar-refractivity contribution is 5.78. The number of pyridine rings is 1. The van der Waals surface area contributed by atoms with Gasteiger partial charge in [-0.1, -0.05) is 0 Å². The second-order valence-electron chi connectivity index (χ2n) is 7.67. The maximum absolute atomic E-state index is 14.2. The Morgan fingerprint density at radius 2 is 1.91 bits per heavy atom. The number of hydrazone groups is 1. The zero-order valence-electron chi connectivity index (χ0n) is 17.7. The van der Waals surface area contributed by atoms with Gasteiger partial charge in [0.2, 0.25) is 5.95 Å². The number of piperazine rings is 1. The SMILES string of the molecule is Cc1ncn(-c2nc(N3CCN(C(=O)N4N=CC[C@H]4c4cncc(F)c4)CC3)ncc2F)n1. The van der Waals surface area contributed by atoms with E-state index in [0.29, 0.717) is 49.9 Å². The van der Waals surface area contributed by atoms with E-state index in [9.17, 15) is 13.6 Å². The monoisotopic (exact) mass is 454 g/mol. The van der Waals surface area contributed by atoms with Gasteiger partial charge < -0.3 is 9.80 Å². The van der Waals surface area contributed by atoms with E-state index < -0.39 is 17.7 Å². The summed E-state index contributed by atoms with van der Waals surface area (Å²) in [6.07, 6.45) is 7.29. The number of nitrogens with zero attached hydrogens (tertiary/aromatic N) is 10. The number of carbonyl (C=O) groups is 1. The zero-order valence-corrected chi connectivity index (χ0v) is 17.7. The second-order valence-corrected chi connectivity index (χ2v) is 7.67. The minimum absolute atomic E-state index is 0.0112. The minimum atomic E-state index is -0.609. The van der Waals surface area contributed by atoms with Crippen LogP contribution < -0.4 is 4.90 Å². The smallest absolute Gasteiger partial charge is 0.337 e. The first-order valence-electron chi connectivity index (χ1n) is 10.4. The summed E-state index contributed by atoms with van der Waals surface area (Å²) in [6.45, 7) is 3.41. The highest BCUT2D eigenvalue weighted by Gasteiger charge is 2.33. The van der Waals surface area contributed by atoms with Crippen molar-refractivity contribution in [2.45, 2.75) is 19.4 Å². The van der Waals surface area contributed by atoms with Crippen molar-refractivity contribution in [1.82, 2.24) is 39.6 Å². The van der Waals surface area contributed by atoms with Gasteiger partial charge >= 0.3 is 6.03 Å². The molecule has 0 aromatic carbocycles. The summed E-state index contributed by atoms with van der Waals surface area (Å²) in [5, 5.41) is 9.67. The Labute approximate surface area is 187 Å². The molecular weight excluding hydrogens is 434 g/mol. The quantitative estimate of drug-likeness (QED) is 0.593. The fourth-order valence-electron chi connectivity index (χ4n) is 3.84. The van der Waals surface area contributed by atoms with Crippen LogP contribution in [0.1, 0.15) is 23.9 Å². The number of rotatable bonds is 3. The Kier molecular flexibility index (Phi) is 5.36. The second kappa shape index (κ2) is 8.48. The summed E-state index contributed by atoms with van der Waals surface area (Å²) in [5.41, 5.74) is 0.593. The molecule has 2 aliphatic rings. The summed E-state index contributed by atoms with van der Waals surface area (Å²) >= 11 is 0. The van der Waals surface area contributed by atoms with E-state index in [1.807, 2.05) is 4.90 Å². The van der Waals surface area contributed by atoms with Crippen LogP contribution in [-0.4, -0.2) is 78.0 Å². The molecule has 0 aliphatic carbocycles. The van der Waals surface area contributed by atoms with Crippen molar-refractivity contribution in [2.24, 2.45) is 5.10 Å². The molecule has 0 spiro atoms. The Bertz CT molecular complexity index is 1210. The largest absolute Gasteiger partial charge is 0.341 e. The third-order valence-corrected chi connectivity index (χ3v) is 5.51. The van der Waals surface area contributed by atoms with Crippen LogP contribution in [0.4, 0.5) is 19.5 Å². The molecule has 5 rings (SSSR count). The van der Waals surface area contributed by atoms with Crippen LogP contribution >= 0.6 is 0 Å². The van der Waals surface area contributed by atoms with E-state index in [4.69, 9.17) is 0 Å². The highest BCUT2D eigenvalue weighted by Crippen LogP contribution is 2.29. The third-order valence-electron chi connectivity index (χ3n) is 5.51. The van der Waals surface area contributed by atoms with Gasteiger partial charge in [-0.25, -0.2) is 28.6 Å². The number of aromatic nitrogens is 6. The van der Waals surface area contributed by atoms with E-state index in [1.54, 1.807) is 24.2 Å². The fraction of sp³-hybridized carbons (Fsp3) is 0.350. The molecule has 2 aliphatic heterocycles. The number of hydrogen-bond donors (Lipinski definition) is 0. The zero-order chi connectivity index (χ0) is 22.9. The molecule has 1 fully saturated rings. The van der Waals surface area contributed by atoms with Gasteiger partial charge in [-0.05, 0) is 18.6 Å². The van der Waals surface area contributed by atoms with Crippen molar-refractivity contribution in [1.29, 1.82) is 0 Å². The lowest BCUT2D eigenvalue weighted by molar-refractivity contribution is 0.139. The van der Waals surface area contributed by atoms with Gasteiger partial charge in [0, 0.05) is 45.0 Å². The molecule has 3 aromatic rings. The van der Waals surface area contributed by atoms with Gasteiger partial charge in [-0.3, -0.25) is 4.98 Å². The summed E-state index contributed by atoms with van der Waals surface area (Å²) in [6, 6.07) is 0.703. The van der Waals surface area contributed by atoms with Crippen molar-refractivity contribution in [2.75, 3.05) is 31.1 Å². The Morgan fingerprint density at radius 3 is 2.64 bits per heavy atom. The molecule has 170 valence electrons. The van der Waals surface area contributed by atoms with Crippen molar-refractivity contribution in [3.8, 4) is 5.82 Å². The maximum atomic E-state index is 14.2. The van der Waals surface area contributed by atoms with Crippen molar-refractivity contribution < 1.29 is 13.6 Å². The fourth-order valence-corrected chi connectivity index (χ4v) is 3.84. The Morgan fingerprint density at radius 1 is 1.09 bits per heavy atom. The Balaban J connectivity index is 1.26. The van der Waals surface area contributed by atoms with Crippen LogP contribution in [0.25, 0.3) is 5.82 Å². The van der Waals surface area contributed by atoms with Crippen LogP contribution in [0, 0.1) is 18.6 Å². The lowest BCUT2D eigenvalue weighted by Crippen LogP contribution is -2.52. The summed E-state index contributed by atoms with van der Waals surface area (Å²) in [5.74, 6) is -0.215. The number of anilines is 1. The van der Waals surface area contributed by atoms with E-state index in [0.717, 1.165) is 12.4 Å². The third kappa shape index (κ3) is 4.08. The van der Waals surface area contributed by atoms with Gasteiger partial charge in [0.25, 0.3) is 0 Å². The van der Waals surface area contributed by atoms with Crippen LogP contribution in [0.5, 0.6) is 0 Å². The number of hydrogen-bond acceptors (Lipinski definition) is 8. The summed E-state index contributed by atoms with van der Waals surface area (Å²) < 4.78 is 29.1. The van der Waals surface area contributed by atoms with Gasteiger partial charge in [-0.15, -0.1) is 0 Å². The molecule has 0 unspecified atom stereocenters. The predicted octanol–water partition coefficient (Wildman–Crippen LogP) is 1.71. The van der Waals surface area contributed by atoms with Crippen molar-refractivity contribution in [3.63, 3.8) is 0 Å². The lowest BCUT2D eigenvalue weighted by Gasteiger charge is -2.37. The van der Waals surface area contributed by atoms with E-state index in [2.05, 4.69) is 30.1 Å². The van der Waals surface area contributed by atoms with Crippen molar-refractivity contribution >= 4 is 18.2 Å². The topological polar surface area (TPSA) is 109 Å². The van der Waals surface area contributed by atoms with Gasteiger partial charge in [-0.2, -0.15) is 19.9 Å². The van der Waals surface area contributed by atoms with Crippen LogP contribution in [0.2, 0.25) is 0 Å².